The Morgan fingerprint density at radius 3 is 2.56 bits per heavy atom. The fraction of sp³-hybridized carbons (Fsp3) is 0.385. The van der Waals surface area contributed by atoms with E-state index in [1.165, 1.54) is 16.8 Å². The van der Waals surface area contributed by atoms with Crippen molar-refractivity contribution in [3.8, 4) is 5.69 Å². The quantitative estimate of drug-likeness (QED) is 0.651. The fourth-order valence-electron chi connectivity index (χ4n) is 4.66. The summed E-state index contributed by atoms with van der Waals surface area (Å²) < 4.78 is 7.43. The number of carbonyl (C=O) groups is 1. The number of fused-ring (bicyclic) bond motifs is 1. The molecule has 1 N–H and O–H groups in total. The first-order valence-corrected chi connectivity index (χ1v) is 11.5. The van der Waals surface area contributed by atoms with Crippen LogP contribution in [0.4, 0.5) is 0 Å². The van der Waals surface area contributed by atoms with Gasteiger partial charge in [0.15, 0.2) is 5.69 Å². The van der Waals surface area contributed by atoms with Gasteiger partial charge in [-0.05, 0) is 49.4 Å². The molecule has 5 rings (SSSR count). The summed E-state index contributed by atoms with van der Waals surface area (Å²) in [6, 6.07) is 16.7. The van der Waals surface area contributed by atoms with E-state index in [0.717, 1.165) is 68.9 Å². The molecule has 2 aromatic carbocycles. The van der Waals surface area contributed by atoms with Gasteiger partial charge in [-0.1, -0.05) is 42.0 Å². The minimum atomic E-state index is -0.0878. The molecule has 166 valence electrons. The van der Waals surface area contributed by atoms with Crippen LogP contribution in [-0.2, 0) is 30.7 Å². The zero-order chi connectivity index (χ0) is 21.9. The Morgan fingerprint density at radius 2 is 1.78 bits per heavy atom. The number of aromatic nitrogens is 2. The lowest BCUT2D eigenvalue weighted by molar-refractivity contribution is 0.0340. The number of rotatable bonds is 6. The summed E-state index contributed by atoms with van der Waals surface area (Å²) in [5, 5.41) is 7.88. The Labute approximate surface area is 189 Å². The molecule has 0 spiro atoms. The molecule has 3 aromatic rings. The second kappa shape index (κ2) is 9.27. The zero-order valence-corrected chi connectivity index (χ0v) is 18.6. The van der Waals surface area contributed by atoms with E-state index in [4.69, 9.17) is 9.84 Å². The first-order valence-electron chi connectivity index (χ1n) is 11.5. The van der Waals surface area contributed by atoms with Crippen LogP contribution in [0.1, 0.15) is 44.9 Å². The van der Waals surface area contributed by atoms with E-state index < -0.39 is 0 Å². The third-order valence-electron chi connectivity index (χ3n) is 6.48. The molecule has 6 nitrogen and oxygen atoms in total. The maximum Gasteiger partial charge on any atom is 0.272 e. The van der Waals surface area contributed by atoms with E-state index in [1.807, 2.05) is 10.7 Å². The smallest absolute Gasteiger partial charge is 0.272 e. The molecule has 2 aliphatic rings. The van der Waals surface area contributed by atoms with Gasteiger partial charge in [0.1, 0.15) is 0 Å². The van der Waals surface area contributed by atoms with Gasteiger partial charge in [0.2, 0.25) is 0 Å². The van der Waals surface area contributed by atoms with Crippen molar-refractivity contribution in [2.75, 3.05) is 26.3 Å². The van der Waals surface area contributed by atoms with Crippen molar-refractivity contribution in [1.82, 2.24) is 20.0 Å². The maximum atomic E-state index is 13.2. The first kappa shape index (κ1) is 20.9. The van der Waals surface area contributed by atoms with Crippen LogP contribution in [0.25, 0.3) is 5.69 Å². The van der Waals surface area contributed by atoms with Gasteiger partial charge in [0.05, 0.1) is 18.9 Å². The van der Waals surface area contributed by atoms with Crippen molar-refractivity contribution in [3.05, 3.63) is 82.2 Å². The van der Waals surface area contributed by atoms with Crippen LogP contribution in [-0.4, -0.2) is 46.9 Å². The third kappa shape index (κ3) is 4.33. The Balaban J connectivity index is 1.32. The highest BCUT2D eigenvalue weighted by Crippen LogP contribution is 2.28. The second-order valence-corrected chi connectivity index (χ2v) is 8.71. The van der Waals surface area contributed by atoms with Crippen molar-refractivity contribution in [1.29, 1.82) is 0 Å². The molecular weight excluding hydrogens is 400 g/mol. The molecule has 0 unspecified atom stereocenters. The number of hydrogen-bond acceptors (Lipinski definition) is 4. The van der Waals surface area contributed by atoms with Gasteiger partial charge in [0, 0.05) is 37.4 Å². The average Bonchev–Trinajstić information content (AvgIpc) is 3.43. The second-order valence-electron chi connectivity index (χ2n) is 8.71. The van der Waals surface area contributed by atoms with Crippen molar-refractivity contribution >= 4 is 5.91 Å². The molecule has 0 bridgehead atoms. The van der Waals surface area contributed by atoms with Gasteiger partial charge >= 0.3 is 0 Å². The lowest BCUT2D eigenvalue weighted by Gasteiger charge is -2.27. The Hall–Kier alpha value is -2.96. The van der Waals surface area contributed by atoms with Crippen LogP contribution >= 0.6 is 0 Å². The Morgan fingerprint density at radius 1 is 1.03 bits per heavy atom. The topological polar surface area (TPSA) is 59.4 Å². The van der Waals surface area contributed by atoms with E-state index in [2.05, 4.69) is 59.6 Å². The molecule has 2 heterocycles. The molecule has 1 aliphatic carbocycles. The zero-order valence-electron chi connectivity index (χ0n) is 18.6. The molecule has 32 heavy (non-hydrogen) atoms. The third-order valence-corrected chi connectivity index (χ3v) is 6.48. The van der Waals surface area contributed by atoms with Crippen molar-refractivity contribution in [3.63, 3.8) is 0 Å². The number of hydrogen-bond donors (Lipinski definition) is 1. The number of carbonyl (C=O) groups excluding carboxylic acids is 1. The van der Waals surface area contributed by atoms with E-state index in [1.54, 1.807) is 0 Å². The predicted octanol–water partition coefficient (Wildman–Crippen LogP) is 3.43. The number of amides is 1. The van der Waals surface area contributed by atoms with Gasteiger partial charge < -0.3 is 10.1 Å². The summed E-state index contributed by atoms with van der Waals surface area (Å²) in [4.78, 5) is 15.6. The number of benzene rings is 2. The number of aryl methyl sites for hydroxylation is 1. The molecule has 0 atom stereocenters. The van der Waals surface area contributed by atoms with Gasteiger partial charge in [-0.15, -0.1) is 0 Å². The molecule has 1 fully saturated rings. The highest BCUT2D eigenvalue weighted by molar-refractivity contribution is 5.94. The lowest BCUT2D eigenvalue weighted by atomic mass is 10.1. The van der Waals surface area contributed by atoms with E-state index in [0.29, 0.717) is 12.2 Å². The van der Waals surface area contributed by atoms with Gasteiger partial charge in [-0.3, -0.25) is 9.69 Å². The summed E-state index contributed by atoms with van der Waals surface area (Å²) in [7, 11) is 0. The number of nitrogens with one attached hydrogen (secondary N) is 1. The minimum Gasteiger partial charge on any atom is -0.379 e. The fourth-order valence-corrected chi connectivity index (χ4v) is 4.66. The van der Waals surface area contributed by atoms with Crippen LogP contribution in [0.3, 0.4) is 0 Å². The van der Waals surface area contributed by atoms with Gasteiger partial charge in [0.25, 0.3) is 5.91 Å². The van der Waals surface area contributed by atoms with Crippen molar-refractivity contribution < 1.29 is 9.53 Å². The molecule has 1 aliphatic heterocycles. The molecule has 6 heteroatoms. The standard InChI is InChI=1S/C26H30N4O2/c1-19-9-11-22(12-10-19)30-24-8-4-7-23(24)25(28-30)26(31)27-17-20-5-2-3-6-21(20)18-29-13-15-32-16-14-29/h2-3,5-6,9-12H,4,7-8,13-18H2,1H3,(H,27,31). The number of nitrogens with zero attached hydrogens (tertiary/aromatic N) is 3. The van der Waals surface area contributed by atoms with E-state index in [-0.39, 0.29) is 5.91 Å². The molecule has 1 aromatic heterocycles. The summed E-state index contributed by atoms with van der Waals surface area (Å²) in [5.74, 6) is -0.0878. The Kier molecular flexibility index (Phi) is 6.06. The summed E-state index contributed by atoms with van der Waals surface area (Å²) in [6.45, 7) is 6.93. The summed E-state index contributed by atoms with van der Waals surface area (Å²) in [6.07, 6.45) is 2.95. The average molecular weight is 431 g/mol. The molecule has 1 amide bonds. The Bertz CT molecular complexity index is 1100. The summed E-state index contributed by atoms with van der Waals surface area (Å²) in [5.41, 5.74) is 7.49. The van der Waals surface area contributed by atoms with Gasteiger partial charge in [-0.25, -0.2) is 4.68 Å². The maximum absolute atomic E-state index is 13.2. The van der Waals surface area contributed by atoms with Crippen LogP contribution in [0.2, 0.25) is 0 Å². The lowest BCUT2D eigenvalue weighted by Crippen LogP contribution is -2.36. The van der Waals surface area contributed by atoms with Crippen LogP contribution in [0.5, 0.6) is 0 Å². The normalized spacial score (nSPS) is 16.2. The van der Waals surface area contributed by atoms with Crippen molar-refractivity contribution in [2.45, 2.75) is 39.3 Å². The number of ether oxygens (including phenoxy) is 1. The highest BCUT2D eigenvalue weighted by Gasteiger charge is 2.27. The van der Waals surface area contributed by atoms with Crippen LogP contribution in [0.15, 0.2) is 48.5 Å². The minimum absolute atomic E-state index is 0.0878. The first-order chi connectivity index (χ1) is 15.7. The largest absolute Gasteiger partial charge is 0.379 e. The molecule has 0 radical (unpaired) electrons. The van der Waals surface area contributed by atoms with Crippen LogP contribution < -0.4 is 5.32 Å². The van der Waals surface area contributed by atoms with E-state index in [9.17, 15) is 4.79 Å². The predicted molar refractivity (Wildman–Crippen MR) is 124 cm³/mol. The molecule has 0 saturated carbocycles. The van der Waals surface area contributed by atoms with Crippen LogP contribution in [0, 0.1) is 6.92 Å². The van der Waals surface area contributed by atoms with Crippen molar-refractivity contribution in [2.24, 2.45) is 0 Å². The molecule has 1 saturated heterocycles. The summed E-state index contributed by atoms with van der Waals surface area (Å²) >= 11 is 0. The number of morpholine rings is 1. The highest BCUT2D eigenvalue weighted by atomic mass is 16.5. The molecular formula is C26H30N4O2. The SMILES string of the molecule is Cc1ccc(-n2nc(C(=O)NCc3ccccc3CN3CCOCC3)c3c2CCC3)cc1. The van der Waals surface area contributed by atoms with E-state index >= 15 is 0 Å². The monoisotopic (exact) mass is 430 g/mol. The van der Waals surface area contributed by atoms with Gasteiger partial charge in [-0.2, -0.15) is 5.10 Å².